The molecule has 74 valence electrons. The third-order valence-corrected chi connectivity index (χ3v) is 3.17. The van der Waals surface area contributed by atoms with Crippen molar-refractivity contribution in [2.24, 2.45) is 0 Å². The van der Waals surface area contributed by atoms with Gasteiger partial charge in [-0.3, -0.25) is 0 Å². The predicted octanol–water partition coefficient (Wildman–Crippen LogP) is -0.387. The molecule has 0 spiro atoms. The Hall–Kier alpha value is 0.765. The maximum atomic E-state index is 8.98. The zero-order chi connectivity index (χ0) is 10.1. The van der Waals surface area contributed by atoms with Gasteiger partial charge in [-0.1, -0.05) is 0 Å². The zero-order valence-corrected chi connectivity index (χ0v) is 9.65. The van der Waals surface area contributed by atoms with Crippen LogP contribution in [-0.4, -0.2) is 43.4 Å². The summed E-state index contributed by atoms with van der Waals surface area (Å²) in [6, 6.07) is -0.604. The second-order valence-corrected chi connectivity index (χ2v) is 3.64. The minimum Gasteiger partial charge on any atom is -0.394 e. The van der Waals surface area contributed by atoms with Gasteiger partial charge in [0.15, 0.2) is 0 Å². The van der Waals surface area contributed by atoms with E-state index >= 15 is 0 Å². The summed E-state index contributed by atoms with van der Waals surface area (Å²) in [5, 5.41) is 8.98. The van der Waals surface area contributed by atoms with E-state index in [2.05, 4.69) is 18.9 Å². The highest BCUT2D eigenvalue weighted by Crippen LogP contribution is 2.37. The Labute approximate surface area is 83.7 Å². The molecular weight excluding hydrogens is 209 g/mol. The van der Waals surface area contributed by atoms with Gasteiger partial charge >= 0.3 is 0 Å². The maximum absolute atomic E-state index is 8.98. The fourth-order valence-corrected chi connectivity index (χ4v) is 2.14. The monoisotopic (exact) mass is 222 g/mol. The lowest BCUT2D eigenvalue weighted by Gasteiger charge is -2.31. The molecule has 2 unspecified atom stereocenters. The molecule has 13 heavy (non-hydrogen) atoms. The Balaban J connectivity index is 2.82. The average Bonchev–Trinajstić information content (AvgIpc) is 2.39. The molecule has 1 aliphatic rings. The molecule has 0 aliphatic carbocycles. The van der Waals surface area contributed by atoms with Crippen LogP contribution in [0, 0.1) is 0 Å². The first-order valence-corrected chi connectivity index (χ1v) is 4.79. The lowest BCUT2D eigenvalue weighted by atomic mass is 9.82. The highest BCUT2D eigenvalue weighted by Gasteiger charge is 2.52. The lowest BCUT2D eigenvalue weighted by Crippen LogP contribution is -2.46. The van der Waals surface area contributed by atoms with E-state index in [1.807, 2.05) is 0 Å². The second-order valence-electron chi connectivity index (χ2n) is 3.14. The van der Waals surface area contributed by atoms with Crippen LogP contribution in [0.5, 0.6) is 0 Å². The molecule has 0 bridgehead atoms. The fourth-order valence-electron chi connectivity index (χ4n) is 1.42. The molecule has 2 radical (unpaired) electrons. The summed E-state index contributed by atoms with van der Waals surface area (Å²) in [4.78, 5) is 0. The molecule has 1 aliphatic heterocycles. The summed E-state index contributed by atoms with van der Waals surface area (Å²) >= 11 is 0. The molecule has 1 saturated heterocycles. The van der Waals surface area contributed by atoms with Gasteiger partial charge in [-0.05, 0) is 6.92 Å². The van der Waals surface area contributed by atoms with Crippen LogP contribution < -0.4 is 0 Å². The maximum Gasteiger partial charge on any atom is 0.120 e. The van der Waals surface area contributed by atoms with Gasteiger partial charge in [-0.2, -0.15) is 0 Å². The summed E-state index contributed by atoms with van der Waals surface area (Å²) < 4.78 is 15.5. The molecule has 1 rings (SSSR count). The van der Waals surface area contributed by atoms with Crippen molar-refractivity contribution in [2.45, 2.75) is 30.7 Å². The van der Waals surface area contributed by atoms with Gasteiger partial charge in [0.25, 0.3) is 0 Å². The Morgan fingerprint density at radius 1 is 1.62 bits per heavy atom. The van der Waals surface area contributed by atoms with Gasteiger partial charge in [-0.15, -0.1) is 0 Å². The van der Waals surface area contributed by atoms with Crippen molar-refractivity contribution < 1.29 is 18.9 Å². The van der Waals surface area contributed by atoms with E-state index < -0.39 is 23.8 Å². The lowest BCUT2D eigenvalue weighted by molar-refractivity contribution is 0.00361. The third-order valence-electron chi connectivity index (χ3n) is 2.37. The van der Waals surface area contributed by atoms with Crippen molar-refractivity contribution in [2.75, 3.05) is 6.61 Å². The van der Waals surface area contributed by atoms with Crippen molar-refractivity contribution in [3.05, 3.63) is 0 Å². The van der Waals surface area contributed by atoms with Gasteiger partial charge in [0.05, 0.1) is 6.61 Å². The van der Waals surface area contributed by atoms with E-state index in [4.69, 9.17) is 26.7 Å². The van der Waals surface area contributed by atoms with Gasteiger partial charge < -0.3 is 18.9 Å². The molecule has 0 aromatic heterocycles. The molecule has 4 nitrogen and oxygen atoms in total. The van der Waals surface area contributed by atoms with E-state index in [-0.39, 0.29) is 6.61 Å². The normalized spacial score (nSPS) is 45.4. The van der Waals surface area contributed by atoms with Crippen molar-refractivity contribution in [3.63, 3.8) is 0 Å². The van der Waals surface area contributed by atoms with E-state index in [0.717, 1.165) is 0 Å². The highest BCUT2D eigenvalue weighted by molar-refractivity contribution is 7.10. The van der Waals surface area contributed by atoms with E-state index in [9.17, 15) is 0 Å². The Kier molecular flexibility index (Phi) is 4.12. The molecule has 1 heterocycles. The van der Waals surface area contributed by atoms with Gasteiger partial charge in [0.1, 0.15) is 25.7 Å². The van der Waals surface area contributed by atoms with Crippen LogP contribution >= 0.6 is 18.9 Å². The van der Waals surface area contributed by atoms with Crippen LogP contribution in [0.1, 0.15) is 6.92 Å². The number of aliphatic hydroxyl groups is 1. The smallest absolute Gasteiger partial charge is 0.120 e. The molecule has 0 saturated carbocycles. The van der Waals surface area contributed by atoms with E-state index in [1.165, 1.54) is 0 Å². The number of hydrogen-bond acceptors (Lipinski definition) is 4. The fraction of sp³-hybridized carbons (Fsp3) is 1.00. The standard InChI is InChI=1S/C6H13BO4P2/c1-6(11-13)4(10-12)3(2-8)9-5(6)7/h3-5,8H,2,12-13H2,1H3/t3-,4-,5-,6-/m1/s1. The first-order chi connectivity index (χ1) is 6.10. The summed E-state index contributed by atoms with van der Waals surface area (Å²) in [5.74, 6) is 0. The quantitative estimate of drug-likeness (QED) is 0.521. The van der Waals surface area contributed by atoms with Gasteiger partial charge in [0, 0.05) is 24.9 Å². The molecule has 7 heteroatoms. The van der Waals surface area contributed by atoms with Crippen LogP contribution in [0.25, 0.3) is 0 Å². The van der Waals surface area contributed by atoms with Crippen molar-refractivity contribution >= 4 is 26.8 Å². The first kappa shape index (κ1) is 11.8. The molecule has 0 aromatic rings. The minimum atomic E-state index is -0.750. The van der Waals surface area contributed by atoms with Gasteiger partial charge in [-0.25, -0.2) is 0 Å². The van der Waals surface area contributed by atoms with Crippen molar-refractivity contribution in [3.8, 4) is 0 Å². The summed E-state index contributed by atoms with van der Waals surface area (Å²) in [5.41, 5.74) is -0.750. The Bertz CT molecular complexity index is 184. The molecule has 0 amide bonds. The second kappa shape index (κ2) is 4.52. The average molecular weight is 222 g/mol. The third kappa shape index (κ3) is 1.92. The molecule has 0 aromatic carbocycles. The van der Waals surface area contributed by atoms with Crippen molar-refractivity contribution in [1.29, 1.82) is 0 Å². The first-order valence-electron chi connectivity index (χ1n) is 3.85. The SMILES string of the molecule is [B][C@@H]1O[C@H](CO)[C@@H](OP)[C@@]1(C)OP. The molecule has 1 fully saturated rings. The number of hydrogen-bond donors (Lipinski definition) is 1. The van der Waals surface area contributed by atoms with E-state index in [0.29, 0.717) is 0 Å². The van der Waals surface area contributed by atoms with Crippen LogP contribution in [0.4, 0.5) is 0 Å². The van der Waals surface area contributed by atoms with Crippen LogP contribution in [0.2, 0.25) is 0 Å². The van der Waals surface area contributed by atoms with Crippen LogP contribution in [0.3, 0.4) is 0 Å². The summed E-state index contributed by atoms with van der Waals surface area (Å²) in [6.45, 7) is 1.63. The topological polar surface area (TPSA) is 47.9 Å². The Morgan fingerprint density at radius 3 is 2.62 bits per heavy atom. The van der Waals surface area contributed by atoms with E-state index in [1.54, 1.807) is 6.92 Å². The van der Waals surface area contributed by atoms with Crippen LogP contribution in [0.15, 0.2) is 0 Å². The number of aliphatic hydroxyl groups excluding tert-OH is 1. The molecular formula is C6H13BO4P2. The summed E-state index contributed by atoms with van der Waals surface area (Å²) in [6.07, 6.45) is -0.840. The molecule has 1 N–H and O–H groups in total. The van der Waals surface area contributed by atoms with Gasteiger partial charge in [0.2, 0.25) is 0 Å². The summed E-state index contributed by atoms with van der Waals surface area (Å²) in [7, 11) is 9.96. The van der Waals surface area contributed by atoms with Crippen LogP contribution in [-0.2, 0) is 13.8 Å². The minimum absolute atomic E-state index is 0.142. The number of ether oxygens (including phenoxy) is 1. The Morgan fingerprint density at radius 2 is 2.23 bits per heavy atom. The highest BCUT2D eigenvalue weighted by atomic mass is 31.0. The molecule has 6 atom stereocenters. The number of rotatable bonds is 3. The zero-order valence-electron chi connectivity index (χ0n) is 7.34. The van der Waals surface area contributed by atoms with Crippen molar-refractivity contribution in [1.82, 2.24) is 0 Å². The largest absolute Gasteiger partial charge is 0.394 e. The predicted molar refractivity (Wildman–Crippen MR) is 55.3 cm³/mol.